The molecule has 4 nitrogen and oxygen atoms in total. The molecule has 0 saturated carbocycles. The molecule has 1 aliphatic rings. The number of amides is 1. The number of piperidine rings is 1. The molecule has 1 fully saturated rings. The minimum absolute atomic E-state index is 0.0272. The van der Waals surface area contributed by atoms with Crippen LogP contribution in [-0.2, 0) is 0 Å². The summed E-state index contributed by atoms with van der Waals surface area (Å²) in [4.78, 5) is 18.4. The summed E-state index contributed by atoms with van der Waals surface area (Å²) in [7, 11) is 0. The molecule has 1 aliphatic heterocycles. The average Bonchev–Trinajstić information content (AvgIpc) is 2.40. The van der Waals surface area contributed by atoms with Crippen LogP contribution in [0.1, 0.15) is 36.2 Å². The van der Waals surface area contributed by atoms with Gasteiger partial charge in [0.05, 0.1) is 0 Å². The van der Waals surface area contributed by atoms with E-state index in [0.717, 1.165) is 30.3 Å². The second-order valence-electron chi connectivity index (χ2n) is 4.52. The lowest BCUT2D eigenvalue weighted by Gasteiger charge is -2.35. The van der Waals surface area contributed by atoms with E-state index < -0.39 is 0 Å². The van der Waals surface area contributed by atoms with Gasteiger partial charge in [0.1, 0.15) is 5.69 Å². The Morgan fingerprint density at radius 1 is 1.50 bits per heavy atom. The topological polar surface area (TPSA) is 53.4 Å². The fourth-order valence-electron chi connectivity index (χ4n) is 2.37. The van der Waals surface area contributed by atoms with Crippen molar-refractivity contribution in [1.82, 2.24) is 9.88 Å². The van der Waals surface area contributed by atoms with E-state index in [-0.39, 0.29) is 18.6 Å². The van der Waals surface area contributed by atoms with Gasteiger partial charge in [0.2, 0.25) is 0 Å². The molecule has 2 rings (SSSR count). The molecular weight excluding hydrogens is 296 g/mol. The number of nitrogens with zero attached hydrogens (tertiary/aromatic N) is 2. The fourth-order valence-corrected chi connectivity index (χ4v) is 2.60. The Labute approximate surface area is 115 Å². The number of hydrogen-bond acceptors (Lipinski definition) is 3. The zero-order valence-corrected chi connectivity index (χ0v) is 11.8. The van der Waals surface area contributed by atoms with Crippen LogP contribution in [0.15, 0.2) is 22.8 Å². The standard InChI is InChI=1S/C13H17BrN2O2/c14-10-4-5-12(15-9-10)13(18)16-7-2-1-3-11(16)6-8-17/h4-5,9,11,17H,1-3,6-8H2. The maximum Gasteiger partial charge on any atom is 0.272 e. The van der Waals surface area contributed by atoms with Gasteiger partial charge in [0, 0.05) is 29.9 Å². The lowest BCUT2D eigenvalue weighted by Crippen LogP contribution is -2.44. The van der Waals surface area contributed by atoms with Crippen molar-refractivity contribution in [1.29, 1.82) is 0 Å². The minimum Gasteiger partial charge on any atom is -0.396 e. The molecule has 5 heteroatoms. The number of carbonyl (C=O) groups is 1. The van der Waals surface area contributed by atoms with Crippen LogP contribution in [0, 0.1) is 0 Å². The van der Waals surface area contributed by atoms with Crippen LogP contribution in [0.2, 0.25) is 0 Å². The summed E-state index contributed by atoms with van der Waals surface area (Å²) in [6.45, 7) is 0.892. The molecule has 0 aromatic carbocycles. The number of halogens is 1. The molecule has 98 valence electrons. The van der Waals surface area contributed by atoms with Crippen LogP contribution in [0.25, 0.3) is 0 Å². The second kappa shape index (κ2) is 6.29. The highest BCUT2D eigenvalue weighted by atomic mass is 79.9. The quantitative estimate of drug-likeness (QED) is 0.931. The van der Waals surface area contributed by atoms with Gasteiger partial charge in [-0.2, -0.15) is 0 Å². The SMILES string of the molecule is O=C(c1ccc(Br)cn1)N1CCCCC1CCO. The Hall–Kier alpha value is -0.940. The minimum atomic E-state index is -0.0272. The second-order valence-corrected chi connectivity index (χ2v) is 5.44. The van der Waals surface area contributed by atoms with Crippen LogP contribution in [0.5, 0.6) is 0 Å². The summed E-state index contributed by atoms with van der Waals surface area (Å²) in [6.07, 6.45) is 5.43. The van der Waals surface area contributed by atoms with Gasteiger partial charge in [-0.3, -0.25) is 4.79 Å². The molecular formula is C13H17BrN2O2. The first-order valence-electron chi connectivity index (χ1n) is 6.26. The number of aliphatic hydroxyl groups excluding tert-OH is 1. The number of pyridine rings is 1. The number of aliphatic hydroxyl groups is 1. The molecule has 0 radical (unpaired) electrons. The lowest BCUT2D eigenvalue weighted by molar-refractivity contribution is 0.0568. The Morgan fingerprint density at radius 3 is 3.00 bits per heavy atom. The van der Waals surface area contributed by atoms with Gasteiger partial charge in [0.15, 0.2) is 0 Å². The largest absolute Gasteiger partial charge is 0.396 e. The van der Waals surface area contributed by atoms with Gasteiger partial charge in [0.25, 0.3) is 5.91 Å². The van der Waals surface area contributed by atoms with Gasteiger partial charge in [-0.1, -0.05) is 0 Å². The van der Waals surface area contributed by atoms with E-state index in [1.54, 1.807) is 12.3 Å². The summed E-state index contributed by atoms with van der Waals surface area (Å²) in [5, 5.41) is 9.07. The van der Waals surface area contributed by atoms with E-state index in [0.29, 0.717) is 12.1 Å². The maximum atomic E-state index is 12.4. The molecule has 0 spiro atoms. The van der Waals surface area contributed by atoms with Gasteiger partial charge in [-0.05, 0) is 53.7 Å². The van der Waals surface area contributed by atoms with Crippen LogP contribution in [0.4, 0.5) is 0 Å². The van der Waals surface area contributed by atoms with Gasteiger partial charge < -0.3 is 10.0 Å². The average molecular weight is 313 g/mol. The van der Waals surface area contributed by atoms with Crippen molar-refractivity contribution < 1.29 is 9.90 Å². The van der Waals surface area contributed by atoms with Gasteiger partial charge >= 0.3 is 0 Å². The molecule has 18 heavy (non-hydrogen) atoms. The highest BCUT2D eigenvalue weighted by molar-refractivity contribution is 9.10. The summed E-state index contributed by atoms with van der Waals surface area (Å²) in [5.74, 6) is -0.0272. The van der Waals surface area contributed by atoms with Crippen molar-refractivity contribution in [3.05, 3.63) is 28.5 Å². The van der Waals surface area contributed by atoms with Crippen molar-refractivity contribution in [3.8, 4) is 0 Å². The smallest absolute Gasteiger partial charge is 0.272 e. The Morgan fingerprint density at radius 2 is 2.33 bits per heavy atom. The zero-order valence-electron chi connectivity index (χ0n) is 10.2. The van der Waals surface area contributed by atoms with E-state index in [1.807, 2.05) is 11.0 Å². The first kappa shape index (κ1) is 13.5. The maximum absolute atomic E-state index is 12.4. The van der Waals surface area contributed by atoms with Crippen LogP contribution in [0.3, 0.4) is 0 Å². The first-order valence-corrected chi connectivity index (χ1v) is 7.05. The van der Waals surface area contributed by atoms with Crippen molar-refractivity contribution in [2.45, 2.75) is 31.7 Å². The summed E-state index contributed by atoms with van der Waals surface area (Å²) < 4.78 is 0.865. The lowest BCUT2D eigenvalue weighted by atomic mass is 9.99. The highest BCUT2D eigenvalue weighted by Gasteiger charge is 2.27. The van der Waals surface area contributed by atoms with E-state index in [2.05, 4.69) is 20.9 Å². The van der Waals surface area contributed by atoms with E-state index in [9.17, 15) is 4.79 Å². The predicted molar refractivity (Wildman–Crippen MR) is 72.3 cm³/mol. The van der Waals surface area contributed by atoms with Crippen molar-refractivity contribution in [3.63, 3.8) is 0 Å². The molecule has 0 bridgehead atoms. The molecule has 1 amide bonds. The molecule has 1 unspecified atom stereocenters. The van der Waals surface area contributed by atoms with E-state index in [4.69, 9.17) is 5.11 Å². The highest BCUT2D eigenvalue weighted by Crippen LogP contribution is 2.21. The van der Waals surface area contributed by atoms with Crippen LogP contribution < -0.4 is 0 Å². The molecule has 2 heterocycles. The third-order valence-corrected chi connectivity index (χ3v) is 3.77. The zero-order chi connectivity index (χ0) is 13.0. The molecule has 1 atom stereocenters. The third-order valence-electron chi connectivity index (χ3n) is 3.30. The predicted octanol–water partition coefficient (Wildman–Crippen LogP) is 2.22. The van der Waals surface area contributed by atoms with Crippen molar-refractivity contribution in [2.75, 3.05) is 13.2 Å². The van der Waals surface area contributed by atoms with Crippen molar-refractivity contribution in [2.24, 2.45) is 0 Å². The first-order chi connectivity index (χ1) is 8.72. The molecule has 0 aliphatic carbocycles. The number of aromatic nitrogens is 1. The number of likely N-dealkylation sites (tertiary alicyclic amines) is 1. The summed E-state index contributed by atoms with van der Waals surface area (Å²) >= 11 is 3.31. The Balaban J connectivity index is 2.12. The van der Waals surface area contributed by atoms with E-state index in [1.165, 1.54) is 0 Å². The molecule has 1 saturated heterocycles. The fraction of sp³-hybridized carbons (Fsp3) is 0.538. The summed E-state index contributed by atoms with van der Waals surface area (Å²) in [6, 6.07) is 3.71. The molecule has 1 aromatic rings. The molecule has 1 N–H and O–H groups in total. The molecule has 1 aromatic heterocycles. The number of carbonyl (C=O) groups excluding carboxylic acids is 1. The van der Waals surface area contributed by atoms with Crippen LogP contribution >= 0.6 is 15.9 Å². The Kier molecular flexibility index (Phi) is 4.72. The Bertz CT molecular complexity index is 406. The third kappa shape index (κ3) is 3.09. The van der Waals surface area contributed by atoms with E-state index >= 15 is 0 Å². The van der Waals surface area contributed by atoms with Crippen molar-refractivity contribution >= 4 is 21.8 Å². The van der Waals surface area contributed by atoms with Gasteiger partial charge in [-0.25, -0.2) is 4.98 Å². The van der Waals surface area contributed by atoms with Crippen LogP contribution in [-0.4, -0.2) is 40.1 Å². The van der Waals surface area contributed by atoms with Gasteiger partial charge in [-0.15, -0.1) is 0 Å². The summed E-state index contributed by atoms with van der Waals surface area (Å²) in [5.41, 5.74) is 0.475. The normalized spacial score (nSPS) is 19.9. The monoisotopic (exact) mass is 312 g/mol. The number of hydrogen-bond donors (Lipinski definition) is 1. The number of rotatable bonds is 3.